The standard InChI is InChI=1S/C12H19FN2/c1-4-15(5-2)9(3)10-6-7-11(13)12(14)8-10/h6-9H,4-5,14H2,1-3H3. The zero-order valence-electron chi connectivity index (χ0n) is 9.63. The second kappa shape index (κ2) is 5.12. The van der Waals surface area contributed by atoms with E-state index in [-0.39, 0.29) is 17.5 Å². The zero-order chi connectivity index (χ0) is 11.4. The summed E-state index contributed by atoms with van der Waals surface area (Å²) >= 11 is 0. The zero-order valence-corrected chi connectivity index (χ0v) is 9.63. The molecule has 0 spiro atoms. The fourth-order valence-electron chi connectivity index (χ4n) is 1.80. The molecule has 3 heteroatoms. The number of rotatable bonds is 4. The predicted molar refractivity (Wildman–Crippen MR) is 62.1 cm³/mol. The molecule has 1 aromatic carbocycles. The molecule has 0 aliphatic heterocycles. The summed E-state index contributed by atoms with van der Waals surface area (Å²) in [4.78, 5) is 2.30. The third-order valence-electron chi connectivity index (χ3n) is 2.86. The molecule has 1 atom stereocenters. The lowest BCUT2D eigenvalue weighted by Crippen LogP contribution is -2.26. The predicted octanol–water partition coefficient (Wildman–Crippen LogP) is 2.81. The van der Waals surface area contributed by atoms with Crippen molar-refractivity contribution in [1.29, 1.82) is 0 Å². The molecular formula is C12H19FN2. The van der Waals surface area contributed by atoms with Gasteiger partial charge in [0.2, 0.25) is 0 Å². The van der Waals surface area contributed by atoms with Gasteiger partial charge in [-0.1, -0.05) is 19.9 Å². The molecule has 2 N–H and O–H groups in total. The summed E-state index contributed by atoms with van der Waals surface area (Å²) in [6, 6.07) is 5.24. The van der Waals surface area contributed by atoms with Gasteiger partial charge in [-0.25, -0.2) is 4.39 Å². The molecule has 0 radical (unpaired) electrons. The monoisotopic (exact) mass is 210 g/mol. The van der Waals surface area contributed by atoms with Crippen LogP contribution in [-0.4, -0.2) is 18.0 Å². The first-order chi connectivity index (χ1) is 7.10. The van der Waals surface area contributed by atoms with Gasteiger partial charge in [0.15, 0.2) is 0 Å². The first-order valence-electron chi connectivity index (χ1n) is 5.39. The molecule has 0 heterocycles. The summed E-state index contributed by atoms with van der Waals surface area (Å²) in [6.45, 7) is 8.31. The third kappa shape index (κ3) is 2.69. The van der Waals surface area contributed by atoms with Gasteiger partial charge in [-0.3, -0.25) is 4.90 Å². The van der Waals surface area contributed by atoms with E-state index < -0.39 is 0 Å². The molecule has 2 nitrogen and oxygen atoms in total. The van der Waals surface area contributed by atoms with Gasteiger partial charge in [0.05, 0.1) is 5.69 Å². The van der Waals surface area contributed by atoms with E-state index in [4.69, 9.17) is 5.73 Å². The molecule has 1 aromatic rings. The summed E-state index contributed by atoms with van der Waals surface area (Å²) in [7, 11) is 0. The van der Waals surface area contributed by atoms with Crippen LogP contribution in [0, 0.1) is 5.82 Å². The van der Waals surface area contributed by atoms with E-state index in [0.29, 0.717) is 0 Å². The lowest BCUT2D eigenvalue weighted by molar-refractivity contribution is 0.234. The van der Waals surface area contributed by atoms with Gasteiger partial charge < -0.3 is 5.73 Å². The van der Waals surface area contributed by atoms with Crippen molar-refractivity contribution >= 4 is 5.69 Å². The molecule has 84 valence electrons. The number of anilines is 1. The first-order valence-corrected chi connectivity index (χ1v) is 5.39. The fraction of sp³-hybridized carbons (Fsp3) is 0.500. The lowest BCUT2D eigenvalue weighted by Gasteiger charge is -2.26. The largest absolute Gasteiger partial charge is 0.396 e. The maximum Gasteiger partial charge on any atom is 0.146 e. The van der Waals surface area contributed by atoms with Gasteiger partial charge in [0, 0.05) is 6.04 Å². The van der Waals surface area contributed by atoms with Gasteiger partial charge in [0.25, 0.3) is 0 Å². The van der Waals surface area contributed by atoms with E-state index in [2.05, 4.69) is 25.7 Å². The Morgan fingerprint density at radius 1 is 1.33 bits per heavy atom. The van der Waals surface area contributed by atoms with Crippen LogP contribution in [0.4, 0.5) is 10.1 Å². The second-order valence-electron chi connectivity index (χ2n) is 3.68. The van der Waals surface area contributed by atoms with Gasteiger partial charge in [-0.2, -0.15) is 0 Å². The highest BCUT2D eigenvalue weighted by Gasteiger charge is 2.13. The Bertz CT molecular complexity index is 321. The normalized spacial score (nSPS) is 13.1. The molecule has 0 aliphatic carbocycles. The molecule has 0 fully saturated rings. The van der Waals surface area contributed by atoms with Crippen LogP contribution < -0.4 is 5.73 Å². The SMILES string of the molecule is CCN(CC)C(C)c1ccc(F)c(N)c1. The van der Waals surface area contributed by atoms with E-state index >= 15 is 0 Å². The quantitative estimate of drug-likeness (QED) is 0.774. The number of nitrogens with zero attached hydrogens (tertiary/aromatic N) is 1. The van der Waals surface area contributed by atoms with Crippen LogP contribution in [0.5, 0.6) is 0 Å². The molecule has 0 bridgehead atoms. The minimum Gasteiger partial charge on any atom is -0.396 e. The molecule has 15 heavy (non-hydrogen) atoms. The van der Waals surface area contributed by atoms with Crippen LogP contribution >= 0.6 is 0 Å². The Hall–Kier alpha value is -1.09. The minimum atomic E-state index is -0.342. The summed E-state index contributed by atoms with van der Waals surface area (Å²) < 4.78 is 13.0. The van der Waals surface area contributed by atoms with Gasteiger partial charge in [-0.15, -0.1) is 0 Å². The Balaban J connectivity index is 2.90. The van der Waals surface area contributed by atoms with Crippen molar-refractivity contribution in [2.45, 2.75) is 26.8 Å². The smallest absolute Gasteiger partial charge is 0.146 e. The van der Waals surface area contributed by atoms with Crippen LogP contribution in [-0.2, 0) is 0 Å². The lowest BCUT2D eigenvalue weighted by atomic mass is 10.1. The van der Waals surface area contributed by atoms with E-state index in [9.17, 15) is 4.39 Å². The number of hydrogen-bond acceptors (Lipinski definition) is 2. The number of nitrogen functional groups attached to an aromatic ring is 1. The molecule has 0 saturated carbocycles. The topological polar surface area (TPSA) is 29.3 Å². The summed E-state index contributed by atoms with van der Waals surface area (Å²) in [5.41, 5.74) is 6.84. The average molecular weight is 210 g/mol. The van der Waals surface area contributed by atoms with Crippen molar-refractivity contribution in [2.24, 2.45) is 0 Å². The summed E-state index contributed by atoms with van der Waals surface area (Å²) in [5.74, 6) is -0.342. The highest BCUT2D eigenvalue weighted by Crippen LogP contribution is 2.22. The number of halogens is 1. The summed E-state index contributed by atoms with van der Waals surface area (Å²) in [5, 5.41) is 0. The van der Waals surface area contributed by atoms with Gasteiger partial charge in [0.1, 0.15) is 5.82 Å². The van der Waals surface area contributed by atoms with Crippen LogP contribution in [0.15, 0.2) is 18.2 Å². The van der Waals surface area contributed by atoms with E-state index in [1.54, 1.807) is 12.1 Å². The molecule has 1 rings (SSSR count). The van der Waals surface area contributed by atoms with Crippen molar-refractivity contribution in [2.75, 3.05) is 18.8 Å². The molecule has 0 aliphatic rings. The Labute approximate surface area is 90.9 Å². The van der Waals surface area contributed by atoms with Crippen molar-refractivity contribution < 1.29 is 4.39 Å². The Kier molecular flexibility index (Phi) is 4.09. The van der Waals surface area contributed by atoms with Gasteiger partial charge in [-0.05, 0) is 37.7 Å². The third-order valence-corrected chi connectivity index (χ3v) is 2.86. The fourth-order valence-corrected chi connectivity index (χ4v) is 1.80. The molecule has 1 unspecified atom stereocenters. The number of benzene rings is 1. The first kappa shape index (κ1) is 12.0. The van der Waals surface area contributed by atoms with Crippen LogP contribution in [0.2, 0.25) is 0 Å². The molecule has 0 amide bonds. The van der Waals surface area contributed by atoms with Crippen molar-refractivity contribution in [1.82, 2.24) is 4.90 Å². The highest BCUT2D eigenvalue weighted by atomic mass is 19.1. The number of nitrogens with two attached hydrogens (primary N) is 1. The second-order valence-corrected chi connectivity index (χ2v) is 3.68. The maximum absolute atomic E-state index is 13.0. The minimum absolute atomic E-state index is 0.228. The molecular weight excluding hydrogens is 191 g/mol. The van der Waals surface area contributed by atoms with Crippen LogP contribution in [0.25, 0.3) is 0 Å². The molecule has 0 aromatic heterocycles. The van der Waals surface area contributed by atoms with Crippen LogP contribution in [0.1, 0.15) is 32.4 Å². The summed E-state index contributed by atoms with van der Waals surface area (Å²) in [6.07, 6.45) is 0. The Morgan fingerprint density at radius 2 is 1.93 bits per heavy atom. The van der Waals surface area contributed by atoms with E-state index in [1.807, 2.05) is 0 Å². The molecule has 0 saturated heterocycles. The van der Waals surface area contributed by atoms with Crippen molar-refractivity contribution in [3.63, 3.8) is 0 Å². The van der Waals surface area contributed by atoms with Gasteiger partial charge >= 0.3 is 0 Å². The van der Waals surface area contributed by atoms with Crippen molar-refractivity contribution in [3.05, 3.63) is 29.6 Å². The average Bonchev–Trinajstić information content (AvgIpc) is 2.23. The Morgan fingerprint density at radius 3 is 2.40 bits per heavy atom. The van der Waals surface area contributed by atoms with Crippen LogP contribution in [0.3, 0.4) is 0 Å². The van der Waals surface area contributed by atoms with E-state index in [0.717, 1.165) is 18.7 Å². The number of hydrogen-bond donors (Lipinski definition) is 1. The van der Waals surface area contributed by atoms with Crippen molar-refractivity contribution in [3.8, 4) is 0 Å². The highest BCUT2D eigenvalue weighted by molar-refractivity contribution is 5.43. The maximum atomic E-state index is 13.0. The van der Waals surface area contributed by atoms with E-state index in [1.165, 1.54) is 6.07 Å².